The van der Waals surface area contributed by atoms with Gasteiger partial charge in [-0.1, -0.05) is 29.6 Å². The number of fused-ring (bicyclic) bond motifs is 2. The van der Waals surface area contributed by atoms with Crippen molar-refractivity contribution in [1.29, 1.82) is 0 Å². The Bertz CT molecular complexity index is 1320. The van der Waals surface area contributed by atoms with E-state index in [4.69, 9.17) is 49.1 Å². The van der Waals surface area contributed by atoms with Crippen LogP contribution in [-0.4, -0.2) is 40.4 Å². The van der Waals surface area contributed by atoms with Crippen molar-refractivity contribution in [3.63, 3.8) is 0 Å². The summed E-state index contributed by atoms with van der Waals surface area (Å²) in [5, 5.41) is 8.00. The molecule has 1 aliphatic carbocycles. The van der Waals surface area contributed by atoms with E-state index in [-0.39, 0.29) is 12.5 Å². The molecule has 0 radical (unpaired) electrons. The Balaban J connectivity index is 1.41. The summed E-state index contributed by atoms with van der Waals surface area (Å²) in [6.07, 6.45) is 5.59. The van der Waals surface area contributed by atoms with Crippen LogP contribution in [0.25, 0.3) is 17.3 Å². The molecule has 182 valence electrons. The highest BCUT2D eigenvalue weighted by atomic mass is 35.5. The van der Waals surface area contributed by atoms with Crippen LogP contribution in [-0.2, 0) is 11.3 Å². The number of carbonyl (C=O) groups excluding carboxylic acids is 1. The molecule has 3 aromatic rings. The van der Waals surface area contributed by atoms with E-state index in [9.17, 15) is 4.79 Å². The summed E-state index contributed by atoms with van der Waals surface area (Å²) in [5.41, 5.74) is 6.25. The second-order valence-electron chi connectivity index (χ2n) is 9.28. The Morgan fingerprint density at radius 1 is 1.09 bits per heavy atom. The fourth-order valence-electron chi connectivity index (χ4n) is 5.47. The number of hydrogen-bond donors (Lipinski definition) is 1. The number of ether oxygens (including phenoxy) is 1. The monoisotopic (exact) mass is 532 g/mol. The minimum atomic E-state index is -0.254. The van der Waals surface area contributed by atoms with Gasteiger partial charge in [-0.2, -0.15) is 5.10 Å². The first-order chi connectivity index (χ1) is 17.0. The van der Waals surface area contributed by atoms with Crippen molar-refractivity contribution in [2.75, 3.05) is 19.7 Å². The molecule has 4 heterocycles. The summed E-state index contributed by atoms with van der Waals surface area (Å²) in [4.78, 5) is 13.5. The van der Waals surface area contributed by atoms with E-state index in [2.05, 4.69) is 5.43 Å². The number of rotatable bonds is 4. The van der Waals surface area contributed by atoms with Crippen molar-refractivity contribution in [1.82, 2.24) is 20.2 Å². The van der Waals surface area contributed by atoms with E-state index in [0.717, 1.165) is 24.4 Å². The van der Waals surface area contributed by atoms with Crippen LogP contribution in [0.15, 0.2) is 34.7 Å². The third kappa shape index (κ3) is 4.41. The molecule has 1 aromatic carbocycles. The number of carbonyl (C=O) groups is 1. The normalized spacial score (nSPS) is 23.0. The summed E-state index contributed by atoms with van der Waals surface area (Å²) < 4.78 is 13.1. The summed E-state index contributed by atoms with van der Waals surface area (Å²) in [7, 11) is 0. The molecule has 2 unspecified atom stereocenters. The highest BCUT2D eigenvalue weighted by molar-refractivity contribution is 6.35. The lowest BCUT2D eigenvalue weighted by molar-refractivity contribution is 0.0802. The molecule has 2 fully saturated rings. The van der Waals surface area contributed by atoms with Gasteiger partial charge in [-0.05, 0) is 72.7 Å². The van der Waals surface area contributed by atoms with Gasteiger partial charge >= 0.3 is 0 Å². The average Bonchev–Trinajstić information content (AvgIpc) is 3.58. The summed E-state index contributed by atoms with van der Waals surface area (Å²) >= 11 is 18.7. The van der Waals surface area contributed by atoms with E-state index in [0.29, 0.717) is 56.4 Å². The van der Waals surface area contributed by atoms with Gasteiger partial charge in [0.05, 0.1) is 29.6 Å². The molecule has 3 aliphatic rings. The number of amides is 1. The Morgan fingerprint density at radius 2 is 1.89 bits per heavy atom. The van der Waals surface area contributed by atoms with Gasteiger partial charge in [-0.3, -0.25) is 10.2 Å². The SMILES string of the molecule is O=C(NN1CC2CCCC2C1)c1nn(-c2ccc(Cl)cc2Cl)c2c1COC/C2=C\c1ccc(Cl)o1. The van der Waals surface area contributed by atoms with Crippen LogP contribution in [0.2, 0.25) is 15.3 Å². The number of halogens is 3. The van der Waals surface area contributed by atoms with E-state index in [1.807, 2.05) is 11.1 Å². The van der Waals surface area contributed by atoms with Crippen LogP contribution in [0.1, 0.15) is 46.8 Å². The van der Waals surface area contributed by atoms with Crippen LogP contribution in [0.5, 0.6) is 0 Å². The van der Waals surface area contributed by atoms with Gasteiger partial charge < -0.3 is 9.15 Å². The molecule has 1 N–H and O–H groups in total. The zero-order chi connectivity index (χ0) is 24.1. The molecule has 2 aromatic heterocycles. The largest absolute Gasteiger partial charge is 0.445 e. The maximum atomic E-state index is 13.5. The van der Waals surface area contributed by atoms with E-state index >= 15 is 0 Å². The minimum Gasteiger partial charge on any atom is -0.445 e. The number of aromatic nitrogens is 2. The van der Waals surface area contributed by atoms with Gasteiger partial charge in [0.25, 0.3) is 5.91 Å². The Kier molecular flexibility index (Phi) is 6.15. The van der Waals surface area contributed by atoms with Crippen molar-refractivity contribution < 1.29 is 13.9 Å². The predicted molar refractivity (Wildman–Crippen MR) is 135 cm³/mol. The van der Waals surface area contributed by atoms with Gasteiger partial charge in [0.2, 0.25) is 0 Å². The Labute approximate surface area is 217 Å². The predicted octanol–water partition coefficient (Wildman–Crippen LogP) is 5.87. The number of furan rings is 1. The number of nitrogens with one attached hydrogen (secondary N) is 1. The van der Waals surface area contributed by atoms with Gasteiger partial charge in [0.15, 0.2) is 10.9 Å². The fraction of sp³-hybridized carbons (Fsp3) is 0.360. The maximum absolute atomic E-state index is 13.5. The standard InChI is InChI=1S/C25H23Cl3N4O3/c26-17-4-6-21(20(27)9-17)32-24-16(8-18-5-7-22(28)35-18)12-34-13-19(24)23(29-32)25(33)30-31-10-14-2-1-3-15(14)11-31/h4-9,14-15H,1-3,10-13H2,(H,30,33)/b16-8+. The number of benzene rings is 1. The van der Waals surface area contributed by atoms with Crippen LogP contribution in [0, 0.1) is 11.8 Å². The van der Waals surface area contributed by atoms with Gasteiger partial charge in [-0.25, -0.2) is 9.69 Å². The van der Waals surface area contributed by atoms with Crippen LogP contribution in [0.4, 0.5) is 0 Å². The van der Waals surface area contributed by atoms with E-state index < -0.39 is 0 Å². The second-order valence-corrected chi connectivity index (χ2v) is 10.5. The van der Waals surface area contributed by atoms with Gasteiger partial charge in [0.1, 0.15) is 5.76 Å². The van der Waals surface area contributed by atoms with Gasteiger partial charge in [-0.15, -0.1) is 0 Å². The van der Waals surface area contributed by atoms with Gasteiger partial charge in [0, 0.05) is 29.2 Å². The molecule has 0 bridgehead atoms. The molecule has 1 saturated heterocycles. The molecule has 35 heavy (non-hydrogen) atoms. The molecule has 2 atom stereocenters. The van der Waals surface area contributed by atoms with Crippen molar-refractivity contribution >= 4 is 52.4 Å². The zero-order valence-corrected chi connectivity index (χ0v) is 21.0. The molecular weight excluding hydrogens is 511 g/mol. The second kappa shape index (κ2) is 9.30. The molecular formula is C25H23Cl3N4O3. The first-order valence-corrected chi connectivity index (χ1v) is 12.8. The first kappa shape index (κ1) is 23.1. The molecule has 6 rings (SSSR count). The first-order valence-electron chi connectivity index (χ1n) is 11.6. The van der Waals surface area contributed by atoms with Crippen molar-refractivity contribution in [2.24, 2.45) is 11.8 Å². The lowest BCUT2D eigenvalue weighted by atomic mass is 10.0. The average molecular weight is 534 g/mol. The van der Waals surface area contributed by atoms with Crippen molar-refractivity contribution in [3.8, 4) is 5.69 Å². The minimum absolute atomic E-state index is 0.254. The smallest absolute Gasteiger partial charge is 0.286 e. The lowest BCUT2D eigenvalue weighted by Crippen LogP contribution is -2.41. The molecule has 7 nitrogen and oxygen atoms in total. The fourth-order valence-corrected chi connectivity index (χ4v) is 6.11. The van der Waals surface area contributed by atoms with E-state index in [1.165, 1.54) is 19.3 Å². The van der Waals surface area contributed by atoms with Crippen LogP contribution < -0.4 is 5.43 Å². The third-order valence-electron chi connectivity index (χ3n) is 7.04. The van der Waals surface area contributed by atoms with E-state index in [1.54, 1.807) is 35.0 Å². The van der Waals surface area contributed by atoms with Crippen molar-refractivity contribution in [2.45, 2.75) is 25.9 Å². The highest BCUT2D eigenvalue weighted by Gasteiger charge is 2.38. The number of nitrogens with zero attached hydrogens (tertiary/aromatic N) is 3. The Hall–Kier alpha value is -2.29. The zero-order valence-electron chi connectivity index (χ0n) is 18.8. The molecule has 10 heteroatoms. The maximum Gasteiger partial charge on any atom is 0.286 e. The summed E-state index contributed by atoms with van der Waals surface area (Å²) in [5.74, 6) is 1.64. The molecule has 2 aliphatic heterocycles. The number of hydrazine groups is 1. The molecule has 0 spiro atoms. The third-order valence-corrected chi connectivity index (χ3v) is 7.78. The quantitative estimate of drug-likeness (QED) is 0.454. The van der Waals surface area contributed by atoms with Crippen LogP contribution >= 0.6 is 34.8 Å². The molecule has 1 amide bonds. The topological polar surface area (TPSA) is 72.5 Å². The lowest BCUT2D eigenvalue weighted by Gasteiger charge is -2.20. The highest BCUT2D eigenvalue weighted by Crippen LogP contribution is 2.38. The van der Waals surface area contributed by atoms with Crippen molar-refractivity contribution in [3.05, 3.63) is 68.3 Å². The Morgan fingerprint density at radius 3 is 2.60 bits per heavy atom. The number of hydrogen-bond acceptors (Lipinski definition) is 5. The molecule has 1 saturated carbocycles. The summed E-state index contributed by atoms with van der Waals surface area (Å²) in [6.45, 7) is 2.33. The van der Waals surface area contributed by atoms with Crippen LogP contribution in [0.3, 0.4) is 0 Å². The summed E-state index contributed by atoms with van der Waals surface area (Å²) in [6, 6.07) is 8.64.